The molecule has 0 fully saturated rings. The smallest absolute Gasteiger partial charge is 0.338 e. The molecule has 6 heteroatoms. The van der Waals surface area contributed by atoms with Crippen LogP contribution in [0.5, 0.6) is 0 Å². The average molecular weight is 306 g/mol. The third kappa shape index (κ3) is 2.25. The predicted octanol–water partition coefficient (Wildman–Crippen LogP) is 3.29. The van der Waals surface area contributed by atoms with Gasteiger partial charge >= 0.3 is 5.97 Å². The van der Waals surface area contributed by atoms with Crippen molar-refractivity contribution in [2.45, 2.75) is 19.4 Å². The lowest BCUT2D eigenvalue weighted by Crippen LogP contribution is -2.33. The van der Waals surface area contributed by atoms with E-state index in [1.54, 1.807) is 11.3 Å². The Bertz CT molecular complexity index is 714. The van der Waals surface area contributed by atoms with Crippen molar-refractivity contribution in [1.82, 2.24) is 0 Å². The number of aromatic carboxylic acids is 1. The van der Waals surface area contributed by atoms with Crippen molar-refractivity contribution in [3.8, 4) is 0 Å². The highest BCUT2D eigenvalue weighted by atomic mass is 32.1. The fourth-order valence-electron chi connectivity index (χ4n) is 2.83. The number of carbonyl (C=O) groups is 1. The van der Waals surface area contributed by atoms with Gasteiger partial charge in [-0.1, -0.05) is 0 Å². The number of carboxylic acid groups (broad SMARTS) is 1. The molecule has 4 nitrogen and oxygen atoms in total. The van der Waals surface area contributed by atoms with Gasteiger partial charge in [0, 0.05) is 17.5 Å². The van der Waals surface area contributed by atoms with Crippen LogP contribution in [0, 0.1) is 5.82 Å². The summed E-state index contributed by atoms with van der Waals surface area (Å²) in [6, 6.07) is 4.60. The number of hydrogen-bond acceptors (Lipinski definition) is 4. The van der Waals surface area contributed by atoms with E-state index in [0.29, 0.717) is 11.4 Å². The van der Waals surface area contributed by atoms with E-state index in [1.807, 2.05) is 11.8 Å². The van der Waals surface area contributed by atoms with E-state index in [-0.39, 0.29) is 6.04 Å². The van der Waals surface area contributed by atoms with Crippen LogP contribution >= 0.6 is 11.3 Å². The molecule has 0 saturated carbocycles. The Morgan fingerprint density at radius 1 is 1.52 bits per heavy atom. The lowest BCUT2D eigenvalue weighted by atomic mass is 10.00. The standard InChI is InChI=1S/C15H15FN2O2S/c1-8-9-3-5-21-14(9)2-4-18(8)13-7-11(16)10(15(19)20)6-12(13)17/h3,5-8H,2,4,17H2,1H3,(H,19,20). The molecule has 21 heavy (non-hydrogen) atoms. The van der Waals surface area contributed by atoms with Crippen molar-refractivity contribution in [3.05, 3.63) is 45.4 Å². The van der Waals surface area contributed by atoms with Crippen molar-refractivity contribution >= 4 is 28.7 Å². The van der Waals surface area contributed by atoms with E-state index < -0.39 is 17.3 Å². The molecule has 2 aromatic rings. The van der Waals surface area contributed by atoms with Gasteiger partial charge in [0.15, 0.2) is 0 Å². The second-order valence-corrected chi connectivity index (χ2v) is 6.12. The molecule has 0 bridgehead atoms. The Labute approximate surface area is 125 Å². The van der Waals surface area contributed by atoms with Crippen LogP contribution < -0.4 is 10.6 Å². The van der Waals surface area contributed by atoms with Gasteiger partial charge in [0.05, 0.1) is 23.0 Å². The van der Waals surface area contributed by atoms with Gasteiger partial charge in [0.2, 0.25) is 0 Å². The highest BCUT2D eigenvalue weighted by Crippen LogP contribution is 2.38. The number of halogens is 1. The van der Waals surface area contributed by atoms with Gasteiger partial charge in [-0.25, -0.2) is 9.18 Å². The summed E-state index contributed by atoms with van der Waals surface area (Å²) in [6.45, 7) is 2.79. The zero-order valence-corrected chi connectivity index (χ0v) is 12.3. The minimum atomic E-state index is -1.31. The Balaban J connectivity index is 2.02. The summed E-state index contributed by atoms with van der Waals surface area (Å²) in [5.74, 6) is -2.06. The SMILES string of the molecule is CC1c2ccsc2CCN1c1cc(F)c(C(=O)O)cc1N. The fourth-order valence-corrected chi connectivity index (χ4v) is 3.79. The maximum Gasteiger partial charge on any atom is 0.338 e. The molecule has 1 aromatic carbocycles. The molecule has 1 aliphatic rings. The van der Waals surface area contributed by atoms with Crippen LogP contribution in [0.1, 0.15) is 33.8 Å². The first-order chi connectivity index (χ1) is 9.99. The monoisotopic (exact) mass is 306 g/mol. The first-order valence-electron chi connectivity index (χ1n) is 6.64. The molecular weight excluding hydrogens is 291 g/mol. The van der Waals surface area contributed by atoms with Gasteiger partial charge in [-0.15, -0.1) is 11.3 Å². The van der Waals surface area contributed by atoms with Crippen LogP contribution in [0.3, 0.4) is 0 Å². The number of nitrogen functional groups attached to an aromatic ring is 1. The zero-order valence-electron chi connectivity index (χ0n) is 11.5. The maximum absolute atomic E-state index is 13.9. The molecule has 0 amide bonds. The third-order valence-corrected chi connectivity index (χ3v) is 4.93. The van der Waals surface area contributed by atoms with E-state index in [1.165, 1.54) is 22.6 Å². The van der Waals surface area contributed by atoms with Crippen LogP contribution in [-0.2, 0) is 6.42 Å². The largest absolute Gasteiger partial charge is 0.478 e. The first kappa shape index (κ1) is 13.9. The molecule has 3 rings (SSSR count). The Morgan fingerprint density at radius 2 is 2.29 bits per heavy atom. The van der Waals surface area contributed by atoms with Crippen LogP contribution in [0.4, 0.5) is 15.8 Å². The van der Waals surface area contributed by atoms with Crippen molar-refractivity contribution in [2.24, 2.45) is 0 Å². The second-order valence-electron chi connectivity index (χ2n) is 5.11. The average Bonchev–Trinajstić information content (AvgIpc) is 2.91. The van der Waals surface area contributed by atoms with Crippen molar-refractivity contribution in [1.29, 1.82) is 0 Å². The maximum atomic E-state index is 13.9. The van der Waals surface area contributed by atoms with E-state index >= 15 is 0 Å². The number of nitrogens with two attached hydrogens (primary N) is 1. The van der Waals surface area contributed by atoms with Gasteiger partial charge in [-0.2, -0.15) is 0 Å². The topological polar surface area (TPSA) is 66.6 Å². The van der Waals surface area contributed by atoms with Crippen LogP contribution in [0.25, 0.3) is 0 Å². The summed E-state index contributed by atoms with van der Waals surface area (Å²) < 4.78 is 13.9. The van der Waals surface area contributed by atoms with Crippen molar-refractivity contribution in [2.75, 3.05) is 17.2 Å². The highest BCUT2D eigenvalue weighted by Gasteiger charge is 2.27. The number of fused-ring (bicyclic) bond motifs is 1. The molecule has 3 N–H and O–H groups in total. The molecule has 1 aromatic heterocycles. The quantitative estimate of drug-likeness (QED) is 0.836. The number of hydrogen-bond donors (Lipinski definition) is 2. The molecule has 1 unspecified atom stereocenters. The minimum Gasteiger partial charge on any atom is -0.478 e. The number of rotatable bonds is 2. The summed E-state index contributed by atoms with van der Waals surface area (Å²) in [7, 11) is 0. The lowest BCUT2D eigenvalue weighted by Gasteiger charge is -2.36. The number of carboxylic acids is 1. The van der Waals surface area contributed by atoms with E-state index in [4.69, 9.17) is 10.8 Å². The zero-order chi connectivity index (χ0) is 15.1. The van der Waals surface area contributed by atoms with Gasteiger partial charge in [-0.3, -0.25) is 0 Å². The summed E-state index contributed by atoms with van der Waals surface area (Å²) in [5.41, 5.74) is 7.63. The minimum absolute atomic E-state index is 0.0948. The number of thiophene rings is 1. The van der Waals surface area contributed by atoms with E-state index in [0.717, 1.165) is 13.0 Å². The Kier molecular flexibility index (Phi) is 3.33. The number of anilines is 2. The van der Waals surface area contributed by atoms with Gasteiger partial charge in [-0.05, 0) is 36.4 Å². The number of benzene rings is 1. The molecule has 110 valence electrons. The molecule has 0 radical (unpaired) electrons. The second kappa shape index (κ2) is 5.04. The molecule has 0 saturated heterocycles. The molecule has 2 heterocycles. The summed E-state index contributed by atoms with van der Waals surface area (Å²) in [6.07, 6.45) is 0.888. The molecule has 1 aliphatic heterocycles. The molecular formula is C15H15FN2O2S. The molecule has 0 spiro atoms. The summed E-state index contributed by atoms with van der Waals surface area (Å²) >= 11 is 1.73. The third-order valence-electron chi connectivity index (χ3n) is 3.93. The number of nitrogens with zero attached hydrogens (tertiary/aromatic N) is 1. The van der Waals surface area contributed by atoms with Gasteiger partial charge < -0.3 is 15.7 Å². The first-order valence-corrected chi connectivity index (χ1v) is 7.52. The van der Waals surface area contributed by atoms with Crippen LogP contribution in [-0.4, -0.2) is 17.6 Å². The molecule has 1 atom stereocenters. The Hall–Kier alpha value is -2.08. The van der Waals surface area contributed by atoms with Crippen LogP contribution in [0.15, 0.2) is 23.6 Å². The van der Waals surface area contributed by atoms with E-state index in [9.17, 15) is 9.18 Å². The lowest BCUT2D eigenvalue weighted by molar-refractivity contribution is 0.0692. The Morgan fingerprint density at radius 3 is 3.00 bits per heavy atom. The summed E-state index contributed by atoms with van der Waals surface area (Å²) in [5, 5.41) is 11.0. The van der Waals surface area contributed by atoms with Gasteiger partial charge in [0.1, 0.15) is 5.82 Å². The van der Waals surface area contributed by atoms with Crippen molar-refractivity contribution < 1.29 is 14.3 Å². The summed E-state index contributed by atoms with van der Waals surface area (Å²) in [4.78, 5) is 14.3. The molecule has 0 aliphatic carbocycles. The van der Waals surface area contributed by atoms with E-state index in [2.05, 4.69) is 11.4 Å². The predicted molar refractivity (Wildman–Crippen MR) is 81.6 cm³/mol. The normalized spacial score (nSPS) is 17.6. The van der Waals surface area contributed by atoms with Gasteiger partial charge in [0.25, 0.3) is 0 Å². The van der Waals surface area contributed by atoms with Crippen molar-refractivity contribution in [3.63, 3.8) is 0 Å². The highest BCUT2D eigenvalue weighted by molar-refractivity contribution is 7.10. The van der Waals surface area contributed by atoms with Crippen LogP contribution in [0.2, 0.25) is 0 Å². The fraction of sp³-hybridized carbons (Fsp3) is 0.267.